The summed E-state index contributed by atoms with van der Waals surface area (Å²) in [5.74, 6) is 0. The topological polar surface area (TPSA) is 24.9 Å². The third-order valence-corrected chi connectivity index (χ3v) is 2.16. The van der Waals surface area contributed by atoms with Crippen LogP contribution >= 0.6 is 22.9 Å². The van der Waals surface area contributed by atoms with E-state index in [2.05, 4.69) is 10.3 Å². The summed E-state index contributed by atoms with van der Waals surface area (Å²) < 4.78 is 0.731. The molecule has 1 rings (SSSR count). The van der Waals surface area contributed by atoms with Gasteiger partial charge in [0.1, 0.15) is 9.34 Å². The molecular weight excluding hydrogens is 180 g/mol. The molecule has 1 heterocycles. The van der Waals surface area contributed by atoms with Crippen molar-refractivity contribution in [2.24, 2.45) is 0 Å². The molecule has 0 atom stereocenters. The van der Waals surface area contributed by atoms with E-state index in [-0.39, 0.29) is 0 Å². The Hall–Kier alpha value is -0.380. The summed E-state index contributed by atoms with van der Waals surface area (Å²) in [5, 5.41) is 3.95. The van der Waals surface area contributed by atoms with Gasteiger partial charge >= 0.3 is 0 Å². The Kier molecular flexibility index (Phi) is 3.56. The molecule has 4 heteroatoms. The van der Waals surface area contributed by atoms with Gasteiger partial charge < -0.3 is 5.32 Å². The van der Waals surface area contributed by atoms with Crippen molar-refractivity contribution in [1.29, 1.82) is 0 Å². The summed E-state index contributed by atoms with van der Waals surface area (Å²) in [4.78, 5) is 4.06. The molecule has 0 spiro atoms. The van der Waals surface area contributed by atoms with Crippen LogP contribution in [0.25, 0.3) is 6.08 Å². The molecule has 0 aliphatic carbocycles. The van der Waals surface area contributed by atoms with Gasteiger partial charge in [-0.15, -0.1) is 11.3 Å². The minimum absolute atomic E-state index is 0.731. The quantitative estimate of drug-likeness (QED) is 0.785. The maximum Gasteiger partial charge on any atom is 0.117 e. The Balaban J connectivity index is 2.50. The number of likely N-dealkylation sites (N-methyl/N-ethyl adjacent to an activating group) is 1. The monoisotopic (exact) mass is 188 g/mol. The van der Waals surface area contributed by atoms with Crippen molar-refractivity contribution >= 4 is 29.0 Å². The fraction of sp³-hybridized carbons (Fsp3) is 0.286. The van der Waals surface area contributed by atoms with Gasteiger partial charge in [-0.3, -0.25) is 0 Å². The van der Waals surface area contributed by atoms with Crippen LogP contribution in [-0.4, -0.2) is 18.6 Å². The van der Waals surface area contributed by atoms with Gasteiger partial charge in [0, 0.05) is 6.54 Å². The van der Waals surface area contributed by atoms with Crippen LogP contribution in [0.3, 0.4) is 0 Å². The smallest absolute Gasteiger partial charge is 0.117 e. The minimum Gasteiger partial charge on any atom is -0.316 e. The van der Waals surface area contributed by atoms with Crippen LogP contribution in [0.4, 0.5) is 0 Å². The Morgan fingerprint density at radius 3 is 3.18 bits per heavy atom. The lowest BCUT2D eigenvalue weighted by Crippen LogP contribution is -2.03. The van der Waals surface area contributed by atoms with Crippen molar-refractivity contribution in [1.82, 2.24) is 10.3 Å². The number of nitrogens with zero attached hydrogens (tertiary/aromatic N) is 1. The number of hydrogen-bond donors (Lipinski definition) is 1. The van der Waals surface area contributed by atoms with Gasteiger partial charge in [0.05, 0.1) is 6.20 Å². The van der Waals surface area contributed by atoms with E-state index in [1.54, 1.807) is 6.20 Å². The van der Waals surface area contributed by atoms with Crippen LogP contribution in [0.5, 0.6) is 0 Å². The van der Waals surface area contributed by atoms with Crippen molar-refractivity contribution in [2.45, 2.75) is 0 Å². The van der Waals surface area contributed by atoms with Crippen LogP contribution < -0.4 is 5.32 Å². The van der Waals surface area contributed by atoms with Crippen molar-refractivity contribution in [3.05, 3.63) is 21.6 Å². The summed E-state index contributed by atoms with van der Waals surface area (Å²) in [6.07, 6.45) is 5.62. The van der Waals surface area contributed by atoms with Gasteiger partial charge in [-0.05, 0) is 13.1 Å². The summed E-state index contributed by atoms with van der Waals surface area (Å²) in [6, 6.07) is 0. The van der Waals surface area contributed by atoms with Crippen molar-refractivity contribution in [3.63, 3.8) is 0 Å². The first kappa shape index (κ1) is 8.71. The minimum atomic E-state index is 0.731. The van der Waals surface area contributed by atoms with Crippen molar-refractivity contribution in [2.75, 3.05) is 13.6 Å². The number of thiazole rings is 1. The SMILES string of the molecule is CNC/C=C/c1ncc(Cl)s1. The highest BCUT2D eigenvalue weighted by Crippen LogP contribution is 2.18. The van der Waals surface area contributed by atoms with E-state index in [0.29, 0.717) is 0 Å². The first-order valence-electron chi connectivity index (χ1n) is 3.25. The molecule has 0 aliphatic rings. The molecule has 1 N–H and O–H groups in total. The van der Waals surface area contributed by atoms with Gasteiger partial charge in [0.15, 0.2) is 0 Å². The van der Waals surface area contributed by atoms with Gasteiger partial charge in [0.2, 0.25) is 0 Å². The number of halogens is 1. The van der Waals surface area contributed by atoms with E-state index in [0.717, 1.165) is 15.9 Å². The van der Waals surface area contributed by atoms with E-state index in [4.69, 9.17) is 11.6 Å². The lowest BCUT2D eigenvalue weighted by atomic mass is 10.5. The molecule has 0 unspecified atom stereocenters. The number of nitrogens with one attached hydrogen (secondary N) is 1. The molecule has 0 fully saturated rings. The van der Waals surface area contributed by atoms with Gasteiger partial charge in [0.25, 0.3) is 0 Å². The molecule has 0 aromatic carbocycles. The fourth-order valence-corrected chi connectivity index (χ4v) is 1.48. The van der Waals surface area contributed by atoms with Crippen LogP contribution in [0.2, 0.25) is 4.34 Å². The average Bonchev–Trinajstić information content (AvgIpc) is 2.37. The zero-order valence-electron chi connectivity index (χ0n) is 6.17. The maximum atomic E-state index is 5.68. The van der Waals surface area contributed by atoms with E-state index in [1.807, 2.05) is 19.2 Å². The predicted molar refractivity (Wildman–Crippen MR) is 50.1 cm³/mol. The summed E-state index contributed by atoms with van der Waals surface area (Å²) in [5.41, 5.74) is 0. The first-order chi connectivity index (χ1) is 5.33. The Labute approximate surface area is 74.9 Å². The molecule has 0 aliphatic heterocycles. The Bertz CT molecular complexity index is 244. The molecule has 0 bridgehead atoms. The molecule has 1 aromatic rings. The van der Waals surface area contributed by atoms with Crippen molar-refractivity contribution < 1.29 is 0 Å². The highest BCUT2D eigenvalue weighted by Gasteiger charge is 1.92. The van der Waals surface area contributed by atoms with Crippen molar-refractivity contribution in [3.8, 4) is 0 Å². The predicted octanol–water partition coefficient (Wildman–Crippen LogP) is 2.03. The lowest BCUT2D eigenvalue weighted by Gasteiger charge is -1.85. The molecule has 0 amide bonds. The highest BCUT2D eigenvalue weighted by atomic mass is 35.5. The molecular formula is C7H9ClN2S. The van der Waals surface area contributed by atoms with Crippen LogP contribution in [0.15, 0.2) is 12.3 Å². The first-order valence-corrected chi connectivity index (χ1v) is 4.45. The Morgan fingerprint density at radius 2 is 2.64 bits per heavy atom. The molecule has 0 saturated carbocycles. The maximum absolute atomic E-state index is 5.68. The Morgan fingerprint density at radius 1 is 1.82 bits per heavy atom. The van der Waals surface area contributed by atoms with Crippen LogP contribution in [0.1, 0.15) is 5.01 Å². The average molecular weight is 189 g/mol. The molecule has 60 valence electrons. The van der Waals surface area contributed by atoms with E-state index >= 15 is 0 Å². The third kappa shape index (κ3) is 3.01. The number of rotatable bonds is 3. The largest absolute Gasteiger partial charge is 0.316 e. The molecule has 1 aromatic heterocycles. The van der Waals surface area contributed by atoms with E-state index in [9.17, 15) is 0 Å². The standard InChI is InChI=1S/C7H9ClN2S/c1-9-4-2-3-7-10-5-6(8)11-7/h2-3,5,9H,4H2,1H3/b3-2+. The fourth-order valence-electron chi connectivity index (χ4n) is 0.622. The lowest BCUT2D eigenvalue weighted by molar-refractivity contribution is 0.922. The van der Waals surface area contributed by atoms with E-state index < -0.39 is 0 Å². The second-order valence-electron chi connectivity index (χ2n) is 1.96. The summed E-state index contributed by atoms with van der Waals surface area (Å²) in [7, 11) is 1.90. The second kappa shape index (κ2) is 4.49. The molecule has 0 radical (unpaired) electrons. The van der Waals surface area contributed by atoms with Gasteiger partial charge in [-0.1, -0.05) is 17.7 Å². The summed E-state index contributed by atoms with van der Waals surface area (Å²) in [6.45, 7) is 0.858. The third-order valence-electron chi connectivity index (χ3n) is 1.08. The van der Waals surface area contributed by atoms with Gasteiger partial charge in [-0.2, -0.15) is 0 Å². The zero-order valence-corrected chi connectivity index (χ0v) is 7.75. The summed E-state index contributed by atoms with van der Waals surface area (Å²) >= 11 is 7.16. The van der Waals surface area contributed by atoms with E-state index in [1.165, 1.54) is 11.3 Å². The number of hydrogen-bond acceptors (Lipinski definition) is 3. The van der Waals surface area contributed by atoms with Crippen LogP contribution in [-0.2, 0) is 0 Å². The molecule has 11 heavy (non-hydrogen) atoms. The van der Waals surface area contributed by atoms with Gasteiger partial charge in [-0.25, -0.2) is 4.98 Å². The van der Waals surface area contributed by atoms with Crippen LogP contribution in [0, 0.1) is 0 Å². The normalized spacial score (nSPS) is 11.1. The zero-order chi connectivity index (χ0) is 8.10. The molecule has 0 saturated heterocycles. The highest BCUT2D eigenvalue weighted by molar-refractivity contribution is 7.16. The number of aromatic nitrogens is 1. The molecule has 2 nitrogen and oxygen atoms in total. The second-order valence-corrected chi connectivity index (χ2v) is 3.66.